The Labute approximate surface area is 239 Å². The average molecular weight is 561 g/mol. The second-order valence-corrected chi connectivity index (χ2v) is 11.1. The molecule has 1 aliphatic heterocycles. The molecule has 0 amide bonds. The minimum atomic E-state index is -0.763. The fourth-order valence-corrected chi connectivity index (χ4v) is 6.39. The minimum absolute atomic E-state index is 0.0488. The summed E-state index contributed by atoms with van der Waals surface area (Å²) in [5.41, 5.74) is 4.07. The largest absolute Gasteiger partial charge is 0.493 e. The summed E-state index contributed by atoms with van der Waals surface area (Å²) in [4.78, 5) is 39.1. The molecule has 9 nitrogen and oxygen atoms in total. The molecule has 41 heavy (non-hydrogen) atoms. The summed E-state index contributed by atoms with van der Waals surface area (Å²) >= 11 is 0. The predicted molar refractivity (Wildman–Crippen MR) is 153 cm³/mol. The third kappa shape index (κ3) is 5.58. The number of rotatable bonds is 7. The molecule has 0 bridgehead atoms. The van der Waals surface area contributed by atoms with Crippen molar-refractivity contribution in [2.75, 3.05) is 14.2 Å². The van der Waals surface area contributed by atoms with Crippen LogP contribution in [-0.2, 0) is 14.3 Å². The molecular weight excluding hydrogens is 524 g/mol. The maximum atomic E-state index is 14.0. The number of aryl methyl sites for hydroxylation is 1. The number of nitro groups is 1. The summed E-state index contributed by atoms with van der Waals surface area (Å²) in [6.07, 6.45) is 5.35. The second kappa shape index (κ2) is 11.8. The maximum absolute atomic E-state index is 14.0. The Hall–Kier alpha value is -4.14. The Morgan fingerprint density at radius 2 is 1.66 bits per heavy atom. The van der Waals surface area contributed by atoms with Crippen molar-refractivity contribution in [2.24, 2.45) is 0 Å². The van der Waals surface area contributed by atoms with Crippen molar-refractivity contribution in [1.29, 1.82) is 0 Å². The lowest BCUT2D eigenvalue weighted by molar-refractivity contribution is -0.385. The quantitative estimate of drug-likeness (QED) is 0.243. The van der Waals surface area contributed by atoms with E-state index in [2.05, 4.69) is 5.32 Å². The zero-order valence-electron chi connectivity index (χ0n) is 24.0. The lowest BCUT2D eigenvalue weighted by atomic mass is 9.71. The first-order chi connectivity index (χ1) is 19.7. The normalized spacial score (nSPS) is 21.2. The van der Waals surface area contributed by atoms with Gasteiger partial charge in [0.2, 0.25) is 0 Å². The molecule has 0 radical (unpaired) electrons. The predicted octanol–water partition coefficient (Wildman–Crippen LogP) is 6.16. The highest BCUT2D eigenvalue weighted by atomic mass is 16.6. The Morgan fingerprint density at radius 1 is 0.951 bits per heavy atom. The van der Waals surface area contributed by atoms with Gasteiger partial charge in [-0.3, -0.25) is 14.9 Å². The molecule has 1 N–H and O–H groups in total. The number of allylic oxidation sites excluding steroid dienone is 3. The number of esters is 1. The van der Waals surface area contributed by atoms with Crippen LogP contribution in [0.5, 0.6) is 11.5 Å². The first kappa shape index (κ1) is 28.4. The van der Waals surface area contributed by atoms with Crippen LogP contribution < -0.4 is 14.8 Å². The first-order valence-electron chi connectivity index (χ1n) is 14.1. The number of ketones is 1. The van der Waals surface area contributed by atoms with Gasteiger partial charge in [0.1, 0.15) is 6.10 Å². The number of carbonyl (C=O) groups excluding carboxylic acids is 2. The van der Waals surface area contributed by atoms with Gasteiger partial charge in [-0.05, 0) is 75.1 Å². The molecule has 2 aliphatic carbocycles. The minimum Gasteiger partial charge on any atom is -0.493 e. The van der Waals surface area contributed by atoms with Crippen LogP contribution in [0.1, 0.15) is 80.4 Å². The Bertz CT molecular complexity index is 1450. The lowest BCUT2D eigenvalue weighted by Gasteiger charge is -2.37. The van der Waals surface area contributed by atoms with Gasteiger partial charge in [-0.1, -0.05) is 24.6 Å². The lowest BCUT2D eigenvalue weighted by Crippen LogP contribution is -2.37. The van der Waals surface area contributed by atoms with Gasteiger partial charge in [0.25, 0.3) is 5.69 Å². The smallest absolute Gasteiger partial charge is 0.337 e. The SMILES string of the molecule is COc1ccc([C@@H]2CC(=O)C3=C(C2)NC(C)=C(C(=O)OC2CCCCC2)[C@@H]3c2ccc(C)c([N+](=O)[O-])c2)cc1OC. The fraction of sp³-hybridized carbons (Fsp3) is 0.438. The molecule has 0 unspecified atom stereocenters. The summed E-state index contributed by atoms with van der Waals surface area (Å²) in [5.74, 6) is -0.276. The van der Waals surface area contributed by atoms with E-state index in [1.165, 1.54) is 6.07 Å². The van der Waals surface area contributed by atoms with Crippen LogP contribution in [0, 0.1) is 17.0 Å². The van der Waals surface area contributed by atoms with Crippen LogP contribution in [0.2, 0.25) is 0 Å². The number of ether oxygens (including phenoxy) is 3. The summed E-state index contributed by atoms with van der Waals surface area (Å²) in [5, 5.41) is 15.2. The van der Waals surface area contributed by atoms with Crippen molar-refractivity contribution >= 4 is 17.4 Å². The topological polar surface area (TPSA) is 117 Å². The number of methoxy groups -OCH3 is 2. The summed E-state index contributed by atoms with van der Waals surface area (Å²) < 4.78 is 16.8. The van der Waals surface area contributed by atoms with Crippen molar-refractivity contribution in [2.45, 2.75) is 76.7 Å². The molecule has 1 heterocycles. The molecule has 1 fully saturated rings. The molecule has 5 rings (SSSR count). The van der Waals surface area contributed by atoms with E-state index in [-0.39, 0.29) is 29.9 Å². The van der Waals surface area contributed by atoms with Crippen LogP contribution in [0.25, 0.3) is 0 Å². The monoisotopic (exact) mass is 560 g/mol. The number of benzene rings is 2. The van der Waals surface area contributed by atoms with Crippen LogP contribution in [0.3, 0.4) is 0 Å². The second-order valence-electron chi connectivity index (χ2n) is 11.1. The molecule has 3 aliphatic rings. The molecular formula is C32H36N2O7. The molecule has 0 saturated heterocycles. The maximum Gasteiger partial charge on any atom is 0.337 e. The molecule has 2 aromatic carbocycles. The number of nitrogens with one attached hydrogen (secondary N) is 1. The highest BCUT2D eigenvalue weighted by molar-refractivity contribution is 6.04. The van der Waals surface area contributed by atoms with Crippen molar-refractivity contribution in [3.05, 3.63) is 85.7 Å². The van der Waals surface area contributed by atoms with Gasteiger partial charge in [0, 0.05) is 40.9 Å². The van der Waals surface area contributed by atoms with Crippen molar-refractivity contribution < 1.29 is 28.7 Å². The fourth-order valence-electron chi connectivity index (χ4n) is 6.39. The first-order valence-corrected chi connectivity index (χ1v) is 14.1. The number of carbonyl (C=O) groups is 2. The van der Waals surface area contributed by atoms with E-state index in [0.29, 0.717) is 45.9 Å². The van der Waals surface area contributed by atoms with Gasteiger partial charge in [0.05, 0.1) is 24.7 Å². The van der Waals surface area contributed by atoms with Crippen LogP contribution in [-0.4, -0.2) is 37.0 Å². The van der Waals surface area contributed by atoms with Gasteiger partial charge in [-0.25, -0.2) is 4.79 Å². The van der Waals surface area contributed by atoms with E-state index in [1.54, 1.807) is 40.2 Å². The van der Waals surface area contributed by atoms with Gasteiger partial charge in [-0.15, -0.1) is 0 Å². The van der Waals surface area contributed by atoms with Gasteiger partial charge >= 0.3 is 5.97 Å². The highest BCUT2D eigenvalue weighted by Crippen LogP contribution is 2.47. The van der Waals surface area contributed by atoms with Crippen molar-refractivity contribution in [1.82, 2.24) is 5.32 Å². The average Bonchev–Trinajstić information content (AvgIpc) is 2.96. The van der Waals surface area contributed by atoms with Crippen LogP contribution >= 0.6 is 0 Å². The van der Waals surface area contributed by atoms with Gasteiger partial charge in [0.15, 0.2) is 17.3 Å². The molecule has 2 atom stereocenters. The Balaban J connectivity index is 1.56. The van der Waals surface area contributed by atoms with Gasteiger partial charge in [-0.2, -0.15) is 0 Å². The molecule has 216 valence electrons. The van der Waals surface area contributed by atoms with E-state index >= 15 is 0 Å². The Kier molecular flexibility index (Phi) is 8.15. The van der Waals surface area contributed by atoms with Crippen molar-refractivity contribution in [3.63, 3.8) is 0 Å². The number of nitro benzene ring substituents is 1. The number of nitrogens with zero attached hydrogens (tertiary/aromatic N) is 1. The number of hydrogen-bond acceptors (Lipinski definition) is 8. The van der Waals surface area contributed by atoms with E-state index in [9.17, 15) is 19.7 Å². The molecule has 1 saturated carbocycles. The molecule has 2 aromatic rings. The molecule has 9 heteroatoms. The zero-order chi connectivity index (χ0) is 29.3. The number of Topliss-reactive ketones (excluding diaryl/α,β-unsaturated/α-hetero) is 1. The zero-order valence-corrected chi connectivity index (χ0v) is 24.0. The Morgan fingerprint density at radius 3 is 2.34 bits per heavy atom. The number of dihydropyridines is 1. The van der Waals surface area contributed by atoms with Gasteiger partial charge < -0.3 is 19.5 Å². The van der Waals surface area contributed by atoms with Crippen LogP contribution in [0.15, 0.2) is 58.9 Å². The molecule has 0 aromatic heterocycles. The summed E-state index contributed by atoms with van der Waals surface area (Å²) in [7, 11) is 3.15. The summed E-state index contributed by atoms with van der Waals surface area (Å²) in [6.45, 7) is 3.48. The highest BCUT2D eigenvalue weighted by Gasteiger charge is 2.42. The number of hydrogen-bond donors (Lipinski definition) is 1. The third-order valence-electron chi connectivity index (χ3n) is 8.52. The van der Waals surface area contributed by atoms with E-state index < -0.39 is 16.8 Å². The summed E-state index contributed by atoms with van der Waals surface area (Å²) in [6, 6.07) is 10.6. The standard InChI is InChI=1S/C32H36N2O7/c1-18-10-11-21(15-25(18)34(37)38)30-29(32(36)41-23-8-6-5-7-9-23)19(2)33-24-14-22(16-26(35)31(24)30)20-12-13-27(39-3)28(17-20)40-4/h10-13,15,17,22-23,30,33H,5-9,14,16H2,1-4H3/t22-,30-/m0/s1. The van der Waals surface area contributed by atoms with Crippen molar-refractivity contribution in [3.8, 4) is 11.5 Å². The molecule has 0 spiro atoms. The van der Waals surface area contributed by atoms with E-state index in [4.69, 9.17) is 14.2 Å². The van der Waals surface area contributed by atoms with E-state index in [1.807, 2.05) is 18.2 Å². The van der Waals surface area contributed by atoms with E-state index in [0.717, 1.165) is 43.4 Å². The van der Waals surface area contributed by atoms with Crippen LogP contribution in [0.4, 0.5) is 5.69 Å². The third-order valence-corrected chi connectivity index (χ3v) is 8.52.